The van der Waals surface area contributed by atoms with Gasteiger partial charge in [-0.15, -0.1) is 5.10 Å². The van der Waals surface area contributed by atoms with Crippen molar-refractivity contribution in [1.29, 1.82) is 0 Å². The molecule has 1 atom stereocenters. The summed E-state index contributed by atoms with van der Waals surface area (Å²) in [4.78, 5) is 30.0. The summed E-state index contributed by atoms with van der Waals surface area (Å²) in [5.41, 5.74) is 7.29. The molecular formula is C55H52N6O4. The number of nitrogens with zero attached hydrogens (tertiary/aromatic N) is 5. The highest BCUT2D eigenvalue weighted by Gasteiger charge is 2.42. The molecule has 0 saturated heterocycles. The number of hydrogen-bond acceptors (Lipinski definition) is 7. The third-order valence-electron chi connectivity index (χ3n) is 11.5. The number of ether oxygens (including phenoxy) is 2. The SMILES string of the molecule is COc1ccc(N(C(=O)[C@@H](CCc2ccccc2C)NC(=O)OC(C)(C)C)c2ccc(-c3ccccc3-c3nnnn3C(c3ccccc3)(c3ccccc3)c3ccccc3)cc2)cc1. The third-order valence-corrected chi connectivity index (χ3v) is 11.5. The molecule has 2 amide bonds. The molecule has 8 aromatic rings. The van der Waals surface area contributed by atoms with Crippen molar-refractivity contribution >= 4 is 23.4 Å². The normalized spacial score (nSPS) is 12.0. The molecule has 10 nitrogen and oxygen atoms in total. The van der Waals surface area contributed by atoms with Gasteiger partial charge in [-0.3, -0.25) is 9.69 Å². The lowest BCUT2D eigenvalue weighted by Gasteiger charge is -2.36. The van der Waals surface area contributed by atoms with E-state index < -0.39 is 23.3 Å². The molecule has 326 valence electrons. The number of carbonyl (C=O) groups is 2. The molecule has 0 fully saturated rings. The number of nitrogens with one attached hydrogen (secondary N) is 1. The number of carbonyl (C=O) groups excluding carboxylic acids is 2. The van der Waals surface area contributed by atoms with Gasteiger partial charge in [-0.25, -0.2) is 9.48 Å². The molecule has 1 aromatic heterocycles. The highest BCUT2D eigenvalue weighted by Crippen LogP contribution is 2.43. The first-order valence-corrected chi connectivity index (χ1v) is 21.7. The van der Waals surface area contributed by atoms with E-state index >= 15 is 4.79 Å². The highest BCUT2D eigenvalue weighted by atomic mass is 16.6. The van der Waals surface area contributed by atoms with E-state index in [-0.39, 0.29) is 5.91 Å². The summed E-state index contributed by atoms with van der Waals surface area (Å²) in [6.07, 6.45) is 0.233. The van der Waals surface area contributed by atoms with Crippen LogP contribution in [0.5, 0.6) is 5.75 Å². The second-order valence-corrected chi connectivity index (χ2v) is 16.9. The molecule has 0 aliphatic rings. The fourth-order valence-electron chi connectivity index (χ4n) is 8.39. The second-order valence-electron chi connectivity index (χ2n) is 16.9. The zero-order valence-corrected chi connectivity index (χ0v) is 37.3. The van der Waals surface area contributed by atoms with Gasteiger partial charge >= 0.3 is 6.09 Å². The molecule has 0 unspecified atom stereocenters. The van der Waals surface area contributed by atoms with Crippen LogP contribution in [-0.4, -0.2) is 51.0 Å². The first-order chi connectivity index (χ1) is 31.6. The Morgan fingerprint density at radius 1 is 0.646 bits per heavy atom. The number of rotatable bonds is 14. The Bertz CT molecular complexity index is 2740. The average molecular weight is 861 g/mol. The van der Waals surface area contributed by atoms with Crippen LogP contribution in [0.1, 0.15) is 55.0 Å². The molecule has 0 bridgehead atoms. The van der Waals surface area contributed by atoms with Gasteiger partial charge in [-0.05, 0) is 126 Å². The van der Waals surface area contributed by atoms with Crippen molar-refractivity contribution in [2.45, 2.75) is 57.7 Å². The Labute approximate surface area is 380 Å². The molecule has 1 heterocycles. The highest BCUT2D eigenvalue weighted by molar-refractivity contribution is 6.05. The van der Waals surface area contributed by atoms with Crippen molar-refractivity contribution in [3.05, 3.63) is 216 Å². The molecule has 0 aliphatic carbocycles. The summed E-state index contributed by atoms with van der Waals surface area (Å²) in [5.74, 6) is 0.899. The lowest BCUT2D eigenvalue weighted by molar-refractivity contribution is -0.120. The minimum absolute atomic E-state index is 0.319. The van der Waals surface area contributed by atoms with Crippen molar-refractivity contribution in [2.75, 3.05) is 12.0 Å². The van der Waals surface area contributed by atoms with Crippen molar-refractivity contribution in [1.82, 2.24) is 25.5 Å². The molecule has 0 saturated carbocycles. The van der Waals surface area contributed by atoms with E-state index in [0.717, 1.165) is 44.5 Å². The van der Waals surface area contributed by atoms with Crippen LogP contribution in [0, 0.1) is 6.92 Å². The molecule has 10 heteroatoms. The van der Waals surface area contributed by atoms with Gasteiger partial charge in [0.2, 0.25) is 0 Å². The van der Waals surface area contributed by atoms with E-state index in [2.05, 4.69) is 53.0 Å². The minimum Gasteiger partial charge on any atom is -0.497 e. The lowest BCUT2D eigenvalue weighted by Crippen LogP contribution is -2.49. The fraction of sp³-hybridized carbons (Fsp3) is 0.182. The van der Waals surface area contributed by atoms with Crippen LogP contribution in [0.2, 0.25) is 0 Å². The first-order valence-electron chi connectivity index (χ1n) is 21.7. The Balaban J connectivity index is 1.21. The lowest BCUT2D eigenvalue weighted by atomic mass is 9.77. The minimum atomic E-state index is -0.943. The number of alkyl carbamates (subject to hydrolysis) is 1. The quantitative estimate of drug-likeness (QED) is 0.108. The van der Waals surface area contributed by atoms with Gasteiger partial charge in [0.05, 0.1) is 7.11 Å². The van der Waals surface area contributed by atoms with E-state index in [0.29, 0.717) is 35.8 Å². The van der Waals surface area contributed by atoms with E-state index in [1.165, 1.54) is 0 Å². The summed E-state index contributed by atoms with van der Waals surface area (Å²) in [6, 6.07) is 61.3. The first kappa shape index (κ1) is 43.8. The van der Waals surface area contributed by atoms with Crippen molar-refractivity contribution in [2.24, 2.45) is 0 Å². The van der Waals surface area contributed by atoms with Gasteiger partial charge in [0.25, 0.3) is 5.91 Å². The van der Waals surface area contributed by atoms with Crippen molar-refractivity contribution in [3.63, 3.8) is 0 Å². The van der Waals surface area contributed by atoms with Gasteiger partial charge in [0, 0.05) is 16.9 Å². The van der Waals surface area contributed by atoms with Crippen LogP contribution >= 0.6 is 0 Å². The number of benzene rings is 7. The molecule has 65 heavy (non-hydrogen) atoms. The summed E-state index contributed by atoms with van der Waals surface area (Å²) in [5, 5.41) is 16.8. The van der Waals surface area contributed by atoms with E-state index in [4.69, 9.17) is 19.8 Å². The second kappa shape index (κ2) is 19.3. The van der Waals surface area contributed by atoms with Crippen LogP contribution in [0.4, 0.5) is 16.2 Å². The standard InChI is InChI=1S/C55H52N6O4/c1-39-19-15-16-20-40(39)31-38-50(56-53(63)65-54(2,3)4)52(62)60(46-34-36-47(64-5)37-35-46)45-32-29-41(30-33-45)48-27-17-18-28-49(48)51-57-58-59-61(51)55(42-21-9-6-10-22-42,43-23-11-7-12-24-43)44-25-13-8-14-26-44/h6-30,32-37,50H,31,38H2,1-5H3,(H,56,63)/t50-/m1/s1. The molecule has 8 rings (SSSR count). The summed E-state index contributed by atoms with van der Waals surface area (Å²) < 4.78 is 13.1. The Morgan fingerprint density at radius 2 is 1.15 bits per heavy atom. The van der Waals surface area contributed by atoms with Gasteiger partial charge in [0.1, 0.15) is 22.9 Å². The number of amides is 2. The molecule has 0 spiro atoms. The van der Waals surface area contributed by atoms with Crippen molar-refractivity contribution in [3.8, 4) is 28.3 Å². The molecule has 7 aromatic carbocycles. The number of hydrogen-bond donors (Lipinski definition) is 1. The molecule has 0 radical (unpaired) electrons. The number of aromatic nitrogens is 4. The van der Waals surface area contributed by atoms with E-state index in [1.54, 1.807) is 32.8 Å². The molecule has 1 N–H and O–H groups in total. The fourth-order valence-corrected chi connectivity index (χ4v) is 8.39. The number of anilines is 2. The number of methoxy groups -OCH3 is 1. The summed E-state index contributed by atoms with van der Waals surface area (Å²) >= 11 is 0. The van der Waals surface area contributed by atoms with Crippen LogP contribution in [0.25, 0.3) is 22.5 Å². The molecule has 0 aliphatic heterocycles. The largest absolute Gasteiger partial charge is 0.497 e. The van der Waals surface area contributed by atoms with Gasteiger partial charge in [0.15, 0.2) is 5.82 Å². The van der Waals surface area contributed by atoms with Gasteiger partial charge in [-0.2, -0.15) is 0 Å². The number of aryl methyl sites for hydroxylation is 2. The Hall–Kier alpha value is -7.85. The van der Waals surface area contributed by atoms with Crippen LogP contribution in [0.3, 0.4) is 0 Å². The predicted octanol–water partition coefficient (Wildman–Crippen LogP) is 11.4. The Morgan fingerprint density at radius 3 is 1.69 bits per heavy atom. The Kier molecular flexibility index (Phi) is 13.0. The summed E-state index contributed by atoms with van der Waals surface area (Å²) in [6.45, 7) is 7.44. The maximum absolute atomic E-state index is 15.1. The van der Waals surface area contributed by atoms with Gasteiger partial charge < -0.3 is 14.8 Å². The zero-order valence-electron chi connectivity index (χ0n) is 37.3. The monoisotopic (exact) mass is 860 g/mol. The third kappa shape index (κ3) is 9.43. The summed E-state index contributed by atoms with van der Waals surface area (Å²) in [7, 11) is 1.60. The predicted molar refractivity (Wildman–Crippen MR) is 256 cm³/mol. The topological polar surface area (TPSA) is 111 Å². The van der Waals surface area contributed by atoms with Crippen LogP contribution in [-0.2, 0) is 21.5 Å². The van der Waals surface area contributed by atoms with Crippen molar-refractivity contribution < 1.29 is 19.1 Å². The van der Waals surface area contributed by atoms with Crippen LogP contribution in [0.15, 0.2) is 188 Å². The van der Waals surface area contributed by atoms with Gasteiger partial charge in [-0.1, -0.05) is 152 Å². The van der Waals surface area contributed by atoms with E-state index in [9.17, 15) is 4.79 Å². The molecular weight excluding hydrogens is 809 g/mol. The zero-order chi connectivity index (χ0) is 45.4. The maximum atomic E-state index is 15.1. The van der Waals surface area contributed by atoms with E-state index in [1.807, 2.05) is 157 Å². The smallest absolute Gasteiger partial charge is 0.408 e. The number of tetrazole rings is 1. The van der Waals surface area contributed by atoms with Crippen LogP contribution < -0.4 is 15.0 Å². The maximum Gasteiger partial charge on any atom is 0.408 e. The average Bonchev–Trinajstić information content (AvgIpc) is 3.82.